The zero-order valence-electron chi connectivity index (χ0n) is 10.3. The molecule has 0 bridgehead atoms. The predicted octanol–water partition coefficient (Wildman–Crippen LogP) is 3.56. The van der Waals surface area contributed by atoms with Crippen LogP contribution in [0.4, 0.5) is 0 Å². The highest BCUT2D eigenvalue weighted by molar-refractivity contribution is 5.35. The van der Waals surface area contributed by atoms with Gasteiger partial charge in [0.2, 0.25) is 0 Å². The smallest absolute Gasteiger partial charge is 0.127 e. The molecule has 2 heteroatoms. The first kappa shape index (κ1) is 11.3. The zero-order valence-corrected chi connectivity index (χ0v) is 10.3. The Morgan fingerprint density at radius 2 is 1.78 bits per heavy atom. The largest absolute Gasteiger partial charge is 0.457 e. The Bertz CT molecular complexity index is 504. The Hall–Kier alpha value is -1.80. The van der Waals surface area contributed by atoms with Gasteiger partial charge in [0.25, 0.3) is 0 Å². The summed E-state index contributed by atoms with van der Waals surface area (Å²) in [7, 11) is 0. The lowest BCUT2D eigenvalue weighted by Crippen LogP contribution is -2.07. The summed E-state index contributed by atoms with van der Waals surface area (Å²) >= 11 is 0. The molecule has 1 atom stereocenters. The van der Waals surface area contributed by atoms with E-state index in [1.165, 1.54) is 12.0 Å². The average Bonchev–Trinajstić information content (AvgIpc) is 2.94. The molecule has 92 valence electrons. The fourth-order valence-corrected chi connectivity index (χ4v) is 2.40. The van der Waals surface area contributed by atoms with E-state index in [2.05, 4.69) is 23.5 Å². The first-order valence-corrected chi connectivity index (χ1v) is 6.45. The fraction of sp³-hybridized carbons (Fsp3) is 0.250. The van der Waals surface area contributed by atoms with Crippen LogP contribution in [0.25, 0.3) is 0 Å². The Kier molecular flexibility index (Phi) is 3.29. The molecule has 3 rings (SSSR count). The van der Waals surface area contributed by atoms with Gasteiger partial charge in [0.15, 0.2) is 0 Å². The van der Waals surface area contributed by atoms with Gasteiger partial charge in [-0.15, -0.1) is 0 Å². The maximum absolute atomic E-state index is 5.86. The Balaban J connectivity index is 1.78. The lowest BCUT2D eigenvalue weighted by Gasteiger charge is -2.11. The van der Waals surface area contributed by atoms with Crippen LogP contribution in [0.5, 0.6) is 11.5 Å². The molecule has 0 amide bonds. The molecular formula is C16H17NO. The lowest BCUT2D eigenvalue weighted by molar-refractivity contribution is 0.481. The maximum atomic E-state index is 5.86. The van der Waals surface area contributed by atoms with E-state index in [4.69, 9.17) is 4.74 Å². The van der Waals surface area contributed by atoms with Gasteiger partial charge in [-0.05, 0) is 48.7 Å². The van der Waals surface area contributed by atoms with Crippen LogP contribution in [0.2, 0.25) is 0 Å². The normalized spacial score (nSPS) is 18.8. The summed E-state index contributed by atoms with van der Waals surface area (Å²) in [6, 6.07) is 18.4. The summed E-state index contributed by atoms with van der Waals surface area (Å²) in [4.78, 5) is 0. The first-order chi connectivity index (χ1) is 8.92. The van der Waals surface area contributed by atoms with E-state index >= 15 is 0 Å². The van der Waals surface area contributed by atoms with Crippen LogP contribution in [0.3, 0.4) is 0 Å². The average molecular weight is 239 g/mol. The molecule has 2 aromatic rings. The molecule has 1 aliphatic rings. The summed E-state index contributed by atoms with van der Waals surface area (Å²) in [5, 5.41) is 3.40. The summed E-state index contributed by atoms with van der Waals surface area (Å²) in [6.45, 7) is 2.20. The van der Waals surface area contributed by atoms with E-state index in [9.17, 15) is 0 Å². The lowest BCUT2D eigenvalue weighted by atomic mass is 9.98. The van der Waals surface area contributed by atoms with Gasteiger partial charge in [-0.2, -0.15) is 0 Å². The van der Waals surface area contributed by atoms with Gasteiger partial charge in [0.05, 0.1) is 0 Å². The Morgan fingerprint density at radius 1 is 0.944 bits per heavy atom. The van der Waals surface area contributed by atoms with E-state index in [0.29, 0.717) is 5.92 Å². The van der Waals surface area contributed by atoms with Crippen molar-refractivity contribution in [2.45, 2.75) is 12.3 Å². The molecule has 1 saturated heterocycles. The van der Waals surface area contributed by atoms with Crippen molar-refractivity contribution in [3.63, 3.8) is 0 Å². The number of rotatable bonds is 3. The molecule has 2 aromatic carbocycles. The molecule has 1 heterocycles. The van der Waals surface area contributed by atoms with Gasteiger partial charge in [-0.25, -0.2) is 0 Å². The molecule has 18 heavy (non-hydrogen) atoms. The molecule has 0 radical (unpaired) electrons. The fourth-order valence-electron chi connectivity index (χ4n) is 2.40. The number of hydrogen-bond donors (Lipinski definition) is 1. The van der Waals surface area contributed by atoms with Gasteiger partial charge in [0.1, 0.15) is 11.5 Å². The van der Waals surface area contributed by atoms with Crippen molar-refractivity contribution in [2.75, 3.05) is 13.1 Å². The molecule has 2 nitrogen and oxygen atoms in total. The van der Waals surface area contributed by atoms with Gasteiger partial charge in [0, 0.05) is 6.54 Å². The van der Waals surface area contributed by atoms with Crippen molar-refractivity contribution >= 4 is 0 Å². The van der Waals surface area contributed by atoms with E-state index in [1.807, 2.05) is 36.4 Å². The highest BCUT2D eigenvalue weighted by Gasteiger charge is 2.16. The molecule has 1 fully saturated rings. The zero-order chi connectivity index (χ0) is 12.2. The van der Waals surface area contributed by atoms with Crippen molar-refractivity contribution in [3.8, 4) is 11.5 Å². The van der Waals surface area contributed by atoms with Gasteiger partial charge >= 0.3 is 0 Å². The van der Waals surface area contributed by atoms with Crippen LogP contribution in [0.15, 0.2) is 54.6 Å². The van der Waals surface area contributed by atoms with Crippen molar-refractivity contribution in [2.24, 2.45) is 0 Å². The third-order valence-corrected chi connectivity index (χ3v) is 3.37. The minimum atomic E-state index is 0.629. The number of hydrogen-bond acceptors (Lipinski definition) is 2. The predicted molar refractivity (Wildman–Crippen MR) is 73.2 cm³/mol. The highest BCUT2D eigenvalue weighted by atomic mass is 16.5. The number of ether oxygens (including phenoxy) is 1. The standard InChI is InChI=1S/C16H17NO/c1-2-6-15(7-3-1)18-16-8-4-5-13(11-16)14-9-10-17-12-14/h1-8,11,14,17H,9-10,12H2. The summed E-state index contributed by atoms with van der Waals surface area (Å²) in [6.07, 6.45) is 1.22. The van der Waals surface area contributed by atoms with Gasteiger partial charge in [-0.3, -0.25) is 0 Å². The number of para-hydroxylation sites is 1. The van der Waals surface area contributed by atoms with Crippen molar-refractivity contribution < 1.29 is 4.74 Å². The highest BCUT2D eigenvalue weighted by Crippen LogP contribution is 2.27. The Labute approximate surface area is 108 Å². The quantitative estimate of drug-likeness (QED) is 0.884. The van der Waals surface area contributed by atoms with Crippen LogP contribution in [0, 0.1) is 0 Å². The third kappa shape index (κ3) is 2.54. The first-order valence-electron chi connectivity index (χ1n) is 6.45. The van der Waals surface area contributed by atoms with Crippen LogP contribution in [-0.4, -0.2) is 13.1 Å². The molecule has 0 spiro atoms. The van der Waals surface area contributed by atoms with E-state index in [-0.39, 0.29) is 0 Å². The van der Waals surface area contributed by atoms with Crippen molar-refractivity contribution in [1.29, 1.82) is 0 Å². The summed E-state index contributed by atoms with van der Waals surface area (Å²) < 4.78 is 5.86. The van der Waals surface area contributed by atoms with Crippen LogP contribution < -0.4 is 10.1 Å². The van der Waals surface area contributed by atoms with Gasteiger partial charge < -0.3 is 10.1 Å². The van der Waals surface area contributed by atoms with Crippen LogP contribution in [0.1, 0.15) is 17.9 Å². The Morgan fingerprint density at radius 3 is 2.56 bits per heavy atom. The maximum Gasteiger partial charge on any atom is 0.127 e. The van der Waals surface area contributed by atoms with E-state index in [1.54, 1.807) is 0 Å². The number of benzene rings is 2. The minimum Gasteiger partial charge on any atom is -0.457 e. The topological polar surface area (TPSA) is 21.3 Å². The molecule has 0 aromatic heterocycles. The molecule has 1 N–H and O–H groups in total. The molecule has 0 saturated carbocycles. The van der Waals surface area contributed by atoms with Gasteiger partial charge in [-0.1, -0.05) is 30.3 Å². The molecule has 0 aliphatic carbocycles. The van der Waals surface area contributed by atoms with E-state index < -0.39 is 0 Å². The molecule has 1 aliphatic heterocycles. The molecular weight excluding hydrogens is 222 g/mol. The summed E-state index contributed by atoms with van der Waals surface area (Å²) in [5.74, 6) is 2.44. The van der Waals surface area contributed by atoms with Crippen molar-refractivity contribution in [1.82, 2.24) is 5.32 Å². The van der Waals surface area contributed by atoms with E-state index in [0.717, 1.165) is 24.6 Å². The minimum absolute atomic E-state index is 0.629. The SMILES string of the molecule is c1ccc(Oc2cccc(C3CCNC3)c2)cc1. The third-order valence-electron chi connectivity index (χ3n) is 3.37. The second-order valence-corrected chi connectivity index (χ2v) is 4.68. The number of nitrogens with one attached hydrogen (secondary N) is 1. The van der Waals surface area contributed by atoms with Crippen LogP contribution in [-0.2, 0) is 0 Å². The summed E-state index contributed by atoms with van der Waals surface area (Å²) in [5.41, 5.74) is 1.37. The molecule has 1 unspecified atom stereocenters. The second-order valence-electron chi connectivity index (χ2n) is 4.68. The van der Waals surface area contributed by atoms with Crippen molar-refractivity contribution in [3.05, 3.63) is 60.2 Å². The second kappa shape index (κ2) is 5.23. The van der Waals surface area contributed by atoms with Crippen LogP contribution >= 0.6 is 0 Å². The monoisotopic (exact) mass is 239 g/mol.